The standard InChI is InChI=1S/C25H27N3O2/c29-25(21-9-5-4-8-20(21)19-12-14-26-16-19)28-15-13-23-22(17-28)27-24(30-23)11-10-18-6-2-1-3-7-18/h1-9,19,26H,10-17H2. The van der Waals surface area contributed by atoms with Crippen LogP contribution in [0.1, 0.15) is 51.2 Å². The summed E-state index contributed by atoms with van der Waals surface area (Å²) < 4.78 is 6.01. The van der Waals surface area contributed by atoms with Crippen LogP contribution in [-0.4, -0.2) is 35.4 Å². The van der Waals surface area contributed by atoms with Crippen molar-refractivity contribution in [3.63, 3.8) is 0 Å². The highest BCUT2D eigenvalue weighted by atomic mass is 16.4. The van der Waals surface area contributed by atoms with E-state index in [4.69, 9.17) is 9.40 Å². The Kier molecular flexibility index (Phi) is 5.37. The number of benzene rings is 2. The SMILES string of the molecule is O=C(c1ccccc1C1CCNC1)N1CCc2oc(CCc3ccccc3)nc2C1. The van der Waals surface area contributed by atoms with Gasteiger partial charge in [0, 0.05) is 31.5 Å². The van der Waals surface area contributed by atoms with Crippen LogP contribution < -0.4 is 5.32 Å². The Morgan fingerprint density at radius 3 is 2.77 bits per heavy atom. The maximum Gasteiger partial charge on any atom is 0.254 e. The van der Waals surface area contributed by atoms with Crippen LogP contribution in [-0.2, 0) is 25.8 Å². The van der Waals surface area contributed by atoms with Gasteiger partial charge in [0.25, 0.3) is 5.91 Å². The van der Waals surface area contributed by atoms with Gasteiger partial charge in [0.05, 0.1) is 6.54 Å². The normalized spacial score (nSPS) is 18.4. The number of nitrogens with zero attached hydrogens (tertiary/aromatic N) is 2. The van der Waals surface area contributed by atoms with Gasteiger partial charge in [-0.15, -0.1) is 0 Å². The van der Waals surface area contributed by atoms with Crippen LogP contribution in [0.2, 0.25) is 0 Å². The van der Waals surface area contributed by atoms with Crippen LogP contribution >= 0.6 is 0 Å². The summed E-state index contributed by atoms with van der Waals surface area (Å²) >= 11 is 0. The quantitative estimate of drug-likeness (QED) is 0.708. The summed E-state index contributed by atoms with van der Waals surface area (Å²) in [6.07, 6.45) is 3.50. The van der Waals surface area contributed by atoms with Gasteiger partial charge in [-0.25, -0.2) is 4.98 Å². The van der Waals surface area contributed by atoms with E-state index in [2.05, 4.69) is 35.6 Å². The zero-order valence-electron chi connectivity index (χ0n) is 17.1. The number of nitrogens with one attached hydrogen (secondary N) is 1. The molecule has 0 saturated carbocycles. The highest BCUT2D eigenvalue weighted by molar-refractivity contribution is 5.96. The second kappa shape index (κ2) is 8.44. The van der Waals surface area contributed by atoms with E-state index in [0.717, 1.165) is 61.7 Å². The molecule has 0 radical (unpaired) electrons. The number of rotatable bonds is 5. The minimum atomic E-state index is 0.108. The molecule has 0 aliphatic carbocycles. The lowest BCUT2D eigenvalue weighted by atomic mass is 9.92. The lowest BCUT2D eigenvalue weighted by molar-refractivity contribution is 0.0726. The summed E-state index contributed by atoms with van der Waals surface area (Å²) in [7, 11) is 0. The first-order valence-corrected chi connectivity index (χ1v) is 10.9. The van der Waals surface area contributed by atoms with Gasteiger partial charge in [0.15, 0.2) is 5.89 Å². The van der Waals surface area contributed by atoms with Gasteiger partial charge in [-0.1, -0.05) is 48.5 Å². The fraction of sp³-hybridized carbons (Fsp3) is 0.360. The maximum atomic E-state index is 13.4. The van der Waals surface area contributed by atoms with Crippen molar-refractivity contribution in [1.29, 1.82) is 0 Å². The van der Waals surface area contributed by atoms with Gasteiger partial charge in [-0.3, -0.25) is 4.79 Å². The molecule has 1 aromatic heterocycles. The minimum Gasteiger partial charge on any atom is -0.445 e. The van der Waals surface area contributed by atoms with Gasteiger partial charge < -0.3 is 14.6 Å². The van der Waals surface area contributed by atoms with E-state index in [1.807, 2.05) is 29.2 Å². The van der Waals surface area contributed by atoms with Crippen molar-refractivity contribution in [2.75, 3.05) is 19.6 Å². The van der Waals surface area contributed by atoms with Crippen molar-refractivity contribution in [2.45, 2.75) is 38.1 Å². The molecule has 1 saturated heterocycles. The number of aryl methyl sites for hydroxylation is 2. The molecule has 0 bridgehead atoms. The molecule has 1 unspecified atom stereocenters. The Balaban J connectivity index is 1.29. The van der Waals surface area contributed by atoms with Crippen molar-refractivity contribution in [2.24, 2.45) is 0 Å². The van der Waals surface area contributed by atoms with Crippen LogP contribution in [0.15, 0.2) is 59.0 Å². The van der Waals surface area contributed by atoms with Crippen molar-refractivity contribution < 1.29 is 9.21 Å². The molecule has 1 fully saturated rings. The number of hydrogen-bond acceptors (Lipinski definition) is 4. The Morgan fingerprint density at radius 2 is 1.93 bits per heavy atom. The number of oxazole rings is 1. The molecular formula is C25H27N3O2. The highest BCUT2D eigenvalue weighted by Crippen LogP contribution is 2.28. The summed E-state index contributed by atoms with van der Waals surface area (Å²) in [6, 6.07) is 18.5. The van der Waals surface area contributed by atoms with Crippen molar-refractivity contribution in [1.82, 2.24) is 15.2 Å². The zero-order valence-corrected chi connectivity index (χ0v) is 17.1. The molecule has 1 amide bonds. The lowest BCUT2D eigenvalue weighted by Crippen LogP contribution is -2.36. The number of fused-ring (bicyclic) bond motifs is 1. The summed E-state index contributed by atoms with van der Waals surface area (Å²) in [6.45, 7) is 3.17. The Morgan fingerprint density at radius 1 is 1.10 bits per heavy atom. The summed E-state index contributed by atoms with van der Waals surface area (Å²) in [5.41, 5.74) is 4.20. The smallest absolute Gasteiger partial charge is 0.254 e. The summed E-state index contributed by atoms with van der Waals surface area (Å²) in [4.78, 5) is 20.0. The third-order valence-corrected chi connectivity index (χ3v) is 6.22. The number of hydrogen-bond donors (Lipinski definition) is 1. The van der Waals surface area contributed by atoms with Gasteiger partial charge in [0.1, 0.15) is 11.5 Å². The molecule has 5 heteroatoms. The molecule has 154 valence electrons. The summed E-state index contributed by atoms with van der Waals surface area (Å²) in [5.74, 6) is 2.24. The van der Waals surface area contributed by atoms with E-state index < -0.39 is 0 Å². The molecule has 5 nitrogen and oxygen atoms in total. The maximum absolute atomic E-state index is 13.4. The molecule has 5 rings (SSSR count). The largest absolute Gasteiger partial charge is 0.445 e. The van der Waals surface area contributed by atoms with E-state index >= 15 is 0 Å². The van der Waals surface area contributed by atoms with E-state index in [1.165, 1.54) is 11.1 Å². The van der Waals surface area contributed by atoms with Crippen molar-refractivity contribution in [3.8, 4) is 0 Å². The van der Waals surface area contributed by atoms with E-state index in [9.17, 15) is 4.79 Å². The lowest BCUT2D eigenvalue weighted by Gasteiger charge is -2.27. The van der Waals surface area contributed by atoms with Gasteiger partial charge in [0.2, 0.25) is 0 Å². The fourth-order valence-electron chi connectivity index (χ4n) is 4.57. The van der Waals surface area contributed by atoms with Crippen LogP contribution in [0.5, 0.6) is 0 Å². The molecule has 1 N–H and O–H groups in total. The first-order chi connectivity index (χ1) is 14.8. The number of carbonyl (C=O) groups excluding carboxylic acids is 1. The van der Waals surface area contributed by atoms with Gasteiger partial charge in [-0.05, 0) is 42.5 Å². The van der Waals surface area contributed by atoms with Crippen LogP contribution in [0.4, 0.5) is 0 Å². The zero-order chi connectivity index (χ0) is 20.3. The highest BCUT2D eigenvalue weighted by Gasteiger charge is 2.29. The van der Waals surface area contributed by atoms with E-state index in [1.54, 1.807) is 0 Å². The van der Waals surface area contributed by atoms with Gasteiger partial charge >= 0.3 is 0 Å². The predicted molar refractivity (Wildman–Crippen MR) is 115 cm³/mol. The average Bonchev–Trinajstić information content (AvgIpc) is 3.47. The molecule has 0 spiro atoms. The second-order valence-electron chi connectivity index (χ2n) is 8.22. The van der Waals surface area contributed by atoms with E-state index in [0.29, 0.717) is 19.0 Å². The topological polar surface area (TPSA) is 58.4 Å². The average molecular weight is 402 g/mol. The monoisotopic (exact) mass is 401 g/mol. The third-order valence-electron chi connectivity index (χ3n) is 6.22. The van der Waals surface area contributed by atoms with Gasteiger partial charge in [-0.2, -0.15) is 0 Å². The van der Waals surface area contributed by atoms with Crippen LogP contribution in [0.3, 0.4) is 0 Å². The molecule has 3 heterocycles. The second-order valence-corrected chi connectivity index (χ2v) is 8.22. The van der Waals surface area contributed by atoms with Crippen molar-refractivity contribution in [3.05, 3.63) is 88.6 Å². The molecule has 2 aliphatic heterocycles. The molecule has 2 aliphatic rings. The minimum absolute atomic E-state index is 0.108. The predicted octanol–water partition coefficient (Wildman–Crippen LogP) is 3.74. The molecule has 30 heavy (non-hydrogen) atoms. The van der Waals surface area contributed by atoms with E-state index in [-0.39, 0.29) is 5.91 Å². The summed E-state index contributed by atoms with van der Waals surface area (Å²) in [5, 5.41) is 3.41. The number of aromatic nitrogens is 1. The molecule has 1 atom stereocenters. The Labute approximate surface area is 177 Å². The number of amides is 1. The Bertz CT molecular complexity index is 1020. The molecular weight excluding hydrogens is 374 g/mol. The Hall–Kier alpha value is -2.92. The van der Waals surface area contributed by atoms with Crippen LogP contribution in [0, 0.1) is 0 Å². The number of carbonyl (C=O) groups is 1. The third kappa shape index (κ3) is 3.90. The fourth-order valence-corrected chi connectivity index (χ4v) is 4.57. The molecule has 2 aromatic carbocycles. The van der Waals surface area contributed by atoms with Crippen LogP contribution in [0.25, 0.3) is 0 Å². The first kappa shape index (κ1) is 19.1. The molecule has 3 aromatic rings. The van der Waals surface area contributed by atoms with Crippen molar-refractivity contribution >= 4 is 5.91 Å². The first-order valence-electron chi connectivity index (χ1n) is 10.9.